The fraction of sp³-hybridized carbons (Fsp3) is 0.261. The number of aromatic amines is 1. The number of aromatic nitrogens is 2. The molecule has 1 aliphatic rings. The van der Waals surface area contributed by atoms with Crippen LogP contribution in [0.1, 0.15) is 15.9 Å². The van der Waals surface area contributed by atoms with Crippen LogP contribution in [0.25, 0.3) is 0 Å². The molecule has 4 rings (SSSR count). The Bertz CT molecular complexity index is 1460. The smallest absolute Gasteiger partial charge is 0.430 e. The third-order valence-electron chi connectivity index (χ3n) is 5.59. The Labute approximate surface area is 225 Å². The van der Waals surface area contributed by atoms with Crippen molar-refractivity contribution in [3.8, 4) is 0 Å². The molecule has 0 bridgehead atoms. The van der Waals surface area contributed by atoms with Gasteiger partial charge in [0.1, 0.15) is 11.5 Å². The third-order valence-corrected chi connectivity index (χ3v) is 7.24. The van der Waals surface area contributed by atoms with Crippen LogP contribution < -0.4 is 15.7 Å². The number of carbonyl (C=O) groups excluding carboxylic acids is 2. The summed E-state index contributed by atoms with van der Waals surface area (Å²) in [6.07, 6.45) is -2.53. The average molecular weight is 585 g/mol. The van der Waals surface area contributed by atoms with Gasteiger partial charge in [-0.15, -0.1) is 0 Å². The molecule has 1 amide bonds. The normalized spacial score (nSPS) is 13.6. The zero-order chi connectivity index (χ0) is 29.5. The summed E-state index contributed by atoms with van der Waals surface area (Å²) < 4.78 is 58.2. The first-order valence-corrected chi connectivity index (χ1v) is 13.0. The molecule has 0 unspecified atom stereocenters. The van der Waals surface area contributed by atoms with Crippen LogP contribution in [0.3, 0.4) is 0 Å². The fourth-order valence-corrected chi connectivity index (χ4v) is 4.99. The van der Waals surface area contributed by atoms with Crippen LogP contribution in [0.5, 0.6) is 0 Å². The molecule has 1 aliphatic heterocycles. The van der Waals surface area contributed by atoms with Gasteiger partial charge in [0, 0.05) is 25.0 Å². The molecule has 0 spiro atoms. The average Bonchev–Trinajstić information content (AvgIpc) is 3.48. The van der Waals surface area contributed by atoms with Gasteiger partial charge in [-0.3, -0.25) is 14.9 Å². The first kappa shape index (κ1) is 30.0. The van der Waals surface area contributed by atoms with Gasteiger partial charge in [0.25, 0.3) is 11.6 Å². The summed E-state index contributed by atoms with van der Waals surface area (Å²) in [6.45, 7) is 2.42. The van der Waals surface area contributed by atoms with Gasteiger partial charge in [-0.05, 0) is 11.6 Å². The van der Waals surface area contributed by atoms with Crippen molar-refractivity contribution >= 4 is 33.1 Å². The highest BCUT2D eigenvalue weighted by atomic mass is 32.2. The van der Waals surface area contributed by atoms with E-state index in [1.165, 1.54) is 17.3 Å². The number of rotatable bonds is 7. The highest BCUT2D eigenvalue weighted by molar-refractivity contribution is 7.91. The van der Waals surface area contributed by atoms with Crippen molar-refractivity contribution in [1.29, 1.82) is 0 Å². The van der Waals surface area contributed by atoms with E-state index < -0.39 is 38.5 Å². The Kier molecular flexibility index (Phi) is 9.43. The Morgan fingerprint density at radius 2 is 1.77 bits per heavy atom. The van der Waals surface area contributed by atoms with Gasteiger partial charge in [-0.1, -0.05) is 30.3 Å². The molecule has 0 aliphatic carbocycles. The number of hydrogen-bond acceptors (Lipinski definition) is 9. The molecule has 2 aromatic carbocycles. The number of aliphatic carboxylic acids is 1. The second-order valence-electron chi connectivity index (χ2n) is 8.30. The van der Waals surface area contributed by atoms with Gasteiger partial charge in [-0.2, -0.15) is 13.2 Å². The van der Waals surface area contributed by atoms with E-state index in [4.69, 9.17) is 9.90 Å². The van der Waals surface area contributed by atoms with E-state index in [9.17, 15) is 36.5 Å². The number of hydrogen-bond donors (Lipinski definition) is 3. The molecule has 214 valence electrons. The van der Waals surface area contributed by atoms with Crippen molar-refractivity contribution in [3.63, 3.8) is 0 Å². The third kappa shape index (κ3) is 7.32. The first-order valence-electron chi connectivity index (χ1n) is 11.6. The minimum atomic E-state index is -5.19. The number of anilines is 1. The summed E-state index contributed by atoms with van der Waals surface area (Å²) in [7, 11) is -4.19. The summed E-state index contributed by atoms with van der Waals surface area (Å²) in [5.41, 5.74) is 0.150. The van der Waals surface area contributed by atoms with E-state index in [2.05, 4.69) is 15.3 Å². The molecule has 0 radical (unpaired) electrons. The zero-order valence-electron chi connectivity index (χ0n) is 20.6. The van der Waals surface area contributed by atoms with Gasteiger partial charge >= 0.3 is 6.18 Å². The maximum Gasteiger partial charge on any atom is 0.430 e. The van der Waals surface area contributed by atoms with E-state index in [0.29, 0.717) is 26.2 Å². The number of halogens is 3. The predicted molar refractivity (Wildman–Crippen MR) is 130 cm³/mol. The van der Waals surface area contributed by atoms with Crippen LogP contribution >= 0.6 is 0 Å². The van der Waals surface area contributed by atoms with Crippen LogP contribution in [-0.4, -0.2) is 72.4 Å². The van der Waals surface area contributed by atoms with Crippen LogP contribution in [0.15, 0.2) is 64.9 Å². The van der Waals surface area contributed by atoms with Gasteiger partial charge in [0.15, 0.2) is 0 Å². The Balaban J connectivity index is 0.000000559. The molecule has 13 nitrogen and oxygen atoms in total. The quantitative estimate of drug-likeness (QED) is 0.255. The monoisotopic (exact) mass is 584 g/mol. The topological polar surface area (TPSA) is 195 Å². The van der Waals surface area contributed by atoms with Gasteiger partial charge in [0.2, 0.25) is 15.0 Å². The molecule has 17 heteroatoms. The SMILES string of the molecule is O=C([O-])C(F)(F)F.O=C(c1cc(S(=O)(=O)c2ncc[nH]2)c(NCc2ccccc2)cc1[N+](=O)[O-])N1CC[NH2+]CC1. The van der Waals surface area contributed by atoms with Gasteiger partial charge < -0.3 is 30.4 Å². The second kappa shape index (κ2) is 12.6. The van der Waals surface area contributed by atoms with Crippen molar-refractivity contribution in [2.45, 2.75) is 22.8 Å². The summed E-state index contributed by atoms with van der Waals surface area (Å²) in [5.74, 6) is -3.58. The van der Waals surface area contributed by atoms with Crippen LogP contribution in [0, 0.1) is 10.1 Å². The number of carbonyl (C=O) groups is 2. The number of benzene rings is 2. The summed E-state index contributed by atoms with van der Waals surface area (Å²) >= 11 is 0. The van der Waals surface area contributed by atoms with Gasteiger partial charge in [0.05, 0.1) is 41.7 Å². The van der Waals surface area contributed by atoms with E-state index in [1.54, 1.807) is 0 Å². The number of amides is 1. The van der Waals surface area contributed by atoms with Crippen molar-refractivity contribution in [1.82, 2.24) is 14.9 Å². The number of H-pyrrole nitrogens is 1. The Morgan fingerprint density at radius 3 is 2.30 bits per heavy atom. The Hall–Kier alpha value is -4.51. The minimum absolute atomic E-state index is 0.0190. The molecule has 2 heterocycles. The highest BCUT2D eigenvalue weighted by Gasteiger charge is 2.33. The number of carboxylic acid groups (broad SMARTS) is 1. The number of quaternary nitrogens is 1. The fourth-order valence-electron chi connectivity index (χ4n) is 3.67. The number of nitro benzene ring substituents is 1. The molecule has 40 heavy (non-hydrogen) atoms. The number of nitrogens with zero attached hydrogens (tertiary/aromatic N) is 3. The van der Waals surface area contributed by atoms with Gasteiger partial charge in [-0.25, -0.2) is 13.4 Å². The summed E-state index contributed by atoms with van der Waals surface area (Å²) in [4.78, 5) is 40.8. The molecule has 1 fully saturated rings. The lowest BCUT2D eigenvalue weighted by molar-refractivity contribution is -0.661. The van der Waals surface area contributed by atoms with Crippen molar-refractivity contribution < 1.29 is 46.5 Å². The molecule has 0 saturated carbocycles. The summed E-state index contributed by atoms with van der Waals surface area (Å²) in [6, 6.07) is 11.4. The number of alkyl halides is 3. The lowest BCUT2D eigenvalue weighted by atomic mass is 10.1. The number of nitrogens with one attached hydrogen (secondary N) is 2. The van der Waals surface area contributed by atoms with E-state index in [0.717, 1.165) is 17.7 Å². The molecule has 1 aromatic heterocycles. The number of sulfone groups is 1. The predicted octanol–water partition coefficient (Wildman–Crippen LogP) is 0.0806. The molecular weight excluding hydrogens is 561 g/mol. The number of piperazine rings is 1. The number of nitro groups is 1. The maximum atomic E-state index is 13.3. The van der Waals surface area contributed by atoms with Crippen molar-refractivity contribution in [3.05, 3.63) is 76.1 Å². The molecular formula is C23H23F3N6O7S. The molecule has 4 N–H and O–H groups in total. The van der Waals surface area contributed by atoms with E-state index in [1.807, 2.05) is 35.6 Å². The lowest BCUT2D eigenvalue weighted by Gasteiger charge is -2.25. The van der Waals surface area contributed by atoms with Crippen LogP contribution in [-0.2, 0) is 21.2 Å². The maximum absolute atomic E-state index is 13.3. The lowest BCUT2D eigenvalue weighted by Crippen LogP contribution is -2.89. The largest absolute Gasteiger partial charge is 0.542 e. The molecule has 1 saturated heterocycles. The summed E-state index contributed by atoms with van der Waals surface area (Å²) in [5, 5.41) is 25.4. The standard InChI is InChI=1S/C21H22N6O5S.C2HF3O2/c28-20(26-10-8-22-9-11-26)16-12-19(33(31,32)21-23-6-7-24-21)17(13-18(16)27(29)30)25-14-15-4-2-1-3-5-15;3-2(4,5)1(6)7/h1-7,12-13,22,25H,8-11,14H2,(H,23,24);(H,6,7). The van der Waals surface area contributed by atoms with E-state index >= 15 is 0 Å². The van der Waals surface area contributed by atoms with Crippen LogP contribution in [0.2, 0.25) is 0 Å². The van der Waals surface area contributed by atoms with E-state index in [-0.39, 0.29) is 27.8 Å². The molecule has 3 aromatic rings. The number of nitrogens with two attached hydrogens (primary N) is 1. The minimum Gasteiger partial charge on any atom is -0.542 e. The zero-order valence-corrected chi connectivity index (χ0v) is 21.4. The number of carboxylic acids is 1. The first-order chi connectivity index (χ1) is 18.8. The van der Waals surface area contributed by atoms with Crippen LogP contribution in [0.4, 0.5) is 24.5 Å². The van der Waals surface area contributed by atoms with Crippen molar-refractivity contribution in [2.75, 3.05) is 31.5 Å². The Morgan fingerprint density at radius 1 is 1.15 bits per heavy atom. The highest BCUT2D eigenvalue weighted by Crippen LogP contribution is 2.34. The second-order valence-corrected chi connectivity index (χ2v) is 10.1. The number of imidazole rings is 1. The van der Waals surface area contributed by atoms with Crippen molar-refractivity contribution in [2.24, 2.45) is 0 Å². The molecule has 0 atom stereocenters.